The van der Waals surface area contributed by atoms with Gasteiger partial charge in [0.05, 0.1) is 17.0 Å². The van der Waals surface area contributed by atoms with Gasteiger partial charge in [0.2, 0.25) is 15.7 Å². The summed E-state index contributed by atoms with van der Waals surface area (Å²) in [5.41, 5.74) is 0.539. The summed E-state index contributed by atoms with van der Waals surface area (Å²) in [6.07, 6.45) is 0.229. The fraction of sp³-hybridized carbons (Fsp3) is 0.333. The molecule has 0 spiro atoms. The third kappa shape index (κ3) is 4.08. The molecule has 144 valence electrons. The molecule has 2 heterocycles. The van der Waals surface area contributed by atoms with Crippen LogP contribution in [0.4, 0.5) is 8.78 Å². The maximum absolute atomic E-state index is 12.9. The quantitative estimate of drug-likeness (QED) is 0.777. The Labute approximate surface area is 155 Å². The van der Waals surface area contributed by atoms with Gasteiger partial charge in [-0.25, -0.2) is 13.4 Å². The van der Waals surface area contributed by atoms with E-state index in [9.17, 15) is 22.0 Å². The number of carbonyl (C=O) groups excluding carboxylic acids is 1. The van der Waals surface area contributed by atoms with Gasteiger partial charge >= 0.3 is 5.76 Å². The van der Waals surface area contributed by atoms with E-state index in [0.717, 1.165) is 11.8 Å². The molecule has 1 amide bonds. The Kier molecular flexibility index (Phi) is 5.41. The molecule has 0 N–H and O–H groups in total. The lowest BCUT2D eigenvalue weighted by atomic mass is 10.2. The highest BCUT2D eigenvalue weighted by Gasteiger charge is 2.34. The third-order valence-electron chi connectivity index (χ3n) is 4.24. The van der Waals surface area contributed by atoms with Gasteiger partial charge in [-0.1, -0.05) is 18.2 Å². The Bertz CT molecular complexity index is 950. The van der Waals surface area contributed by atoms with E-state index in [1.54, 1.807) is 12.1 Å². The highest BCUT2D eigenvalue weighted by Crippen LogP contribution is 2.25. The standard InChI is InChI=1S/C18H18F2N2O4S/c1-12-5-4-8-16(21-12)26-13-9-10-22(11-13)17(23)14-6-2-3-7-15(14)27(24,25)18(19)20/h2-8,13,18H,9-11H2,1H3/t13-/m1/s1. The van der Waals surface area contributed by atoms with E-state index < -0.39 is 26.4 Å². The summed E-state index contributed by atoms with van der Waals surface area (Å²) in [6.45, 7) is 2.38. The molecule has 1 aromatic heterocycles. The number of ether oxygens (including phenoxy) is 1. The van der Waals surface area contributed by atoms with E-state index >= 15 is 0 Å². The van der Waals surface area contributed by atoms with Crippen molar-refractivity contribution in [1.29, 1.82) is 0 Å². The number of aromatic nitrogens is 1. The molecule has 0 unspecified atom stereocenters. The highest BCUT2D eigenvalue weighted by molar-refractivity contribution is 7.91. The Hall–Kier alpha value is -2.55. The Balaban J connectivity index is 1.76. The number of amides is 1. The van der Waals surface area contributed by atoms with Crippen LogP contribution in [0.25, 0.3) is 0 Å². The maximum Gasteiger partial charge on any atom is 0.341 e. The molecule has 9 heteroatoms. The Morgan fingerprint density at radius 2 is 1.96 bits per heavy atom. The van der Waals surface area contributed by atoms with Crippen LogP contribution in [0, 0.1) is 6.92 Å². The van der Waals surface area contributed by atoms with Crippen LogP contribution < -0.4 is 4.74 Å². The molecule has 6 nitrogen and oxygen atoms in total. The van der Waals surface area contributed by atoms with Gasteiger partial charge in [0.15, 0.2) is 0 Å². The SMILES string of the molecule is Cc1cccc(O[C@@H]2CCN(C(=O)c3ccccc3S(=O)(=O)C(F)F)C2)n1. The van der Waals surface area contributed by atoms with Crippen LogP contribution in [0.15, 0.2) is 47.4 Å². The number of likely N-dealkylation sites (tertiary alicyclic amines) is 1. The maximum atomic E-state index is 12.9. The fourth-order valence-electron chi connectivity index (χ4n) is 2.92. The van der Waals surface area contributed by atoms with Crippen LogP contribution in [-0.2, 0) is 9.84 Å². The fourth-order valence-corrected chi connectivity index (χ4v) is 3.84. The number of aryl methyl sites for hydroxylation is 1. The number of alkyl halides is 2. The molecule has 0 bridgehead atoms. The minimum atomic E-state index is -4.87. The van der Waals surface area contributed by atoms with Crippen molar-refractivity contribution < 1.29 is 26.7 Å². The second kappa shape index (κ2) is 7.59. The van der Waals surface area contributed by atoms with E-state index in [0.29, 0.717) is 18.8 Å². The number of hydrogen-bond donors (Lipinski definition) is 0. The van der Waals surface area contributed by atoms with Gasteiger partial charge in [-0.15, -0.1) is 0 Å². The van der Waals surface area contributed by atoms with Crippen molar-refractivity contribution in [3.63, 3.8) is 0 Å². The van der Waals surface area contributed by atoms with Gasteiger partial charge in [0, 0.05) is 24.7 Å². The van der Waals surface area contributed by atoms with Crippen LogP contribution in [-0.4, -0.2) is 49.2 Å². The number of benzene rings is 1. The summed E-state index contributed by atoms with van der Waals surface area (Å²) in [6, 6.07) is 10.4. The highest BCUT2D eigenvalue weighted by atomic mass is 32.2. The first-order chi connectivity index (χ1) is 12.8. The van der Waals surface area contributed by atoms with Gasteiger partial charge in [-0.05, 0) is 25.1 Å². The number of pyridine rings is 1. The van der Waals surface area contributed by atoms with Crippen molar-refractivity contribution in [2.75, 3.05) is 13.1 Å². The summed E-state index contributed by atoms with van der Waals surface area (Å²) in [5.74, 6) is -3.76. The second-order valence-corrected chi connectivity index (χ2v) is 8.08. The Morgan fingerprint density at radius 1 is 1.22 bits per heavy atom. The molecule has 1 atom stereocenters. The third-order valence-corrected chi connectivity index (χ3v) is 5.68. The topological polar surface area (TPSA) is 76.6 Å². The van der Waals surface area contributed by atoms with Crippen LogP contribution in [0.2, 0.25) is 0 Å². The first-order valence-corrected chi connectivity index (χ1v) is 9.84. The van der Waals surface area contributed by atoms with E-state index in [2.05, 4.69) is 4.98 Å². The molecule has 1 saturated heterocycles. The number of halogens is 2. The van der Waals surface area contributed by atoms with Gasteiger partial charge < -0.3 is 9.64 Å². The van der Waals surface area contributed by atoms with Crippen LogP contribution in [0.3, 0.4) is 0 Å². The molecule has 1 fully saturated rings. The monoisotopic (exact) mass is 396 g/mol. The van der Waals surface area contributed by atoms with Crippen LogP contribution >= 0.6 is 0 Å². The predicted molar refractivity (Wildman–Crippen MR) is 93.5 cm³/mol. The summed E-state index contributed by atoms with van der Waals surface area (Å²) in [7, 11) is -4.87. The van der Waals surface area contributed by atoms with E-state index in [-0.39, 0.29) is 18.2 Å². The van der Waals surface area contributed by atoms with Crippen molar-refractivity contribution >= 4 is 15.7 Å². The van der Waals surface area contributed by atoms with Crippen molar-refractivity contribution in [3.05, 3.63) is 53.7 Å². The largest absolute Gasteiger partial charge is 0.472 e. The molecule has 2 aromatic rings. The lowest BCUT2D eigenvalue weighted by Crippen LogP contribution is -2.32. The zero-order valence-corrected chi connectivity index (χ0v) is 15.3. The molecular formula is C18H18F2N2O4S. The summed E-state index contributed by atoms with van der Waals surface area (Å²) < 4.78 is 55.3. The molecular weight excluding hydrogens is 378 g/mol. The van der Waals surface area contributed by atoms with E-state index in [1.807, 2.05) is 13.0 Å². The minimum Gasteiger partial charge on any atom is -0.472 e. The van der Waals surface area contributed by atoms with Crippen molar-refractivity contribution in [1.82, 2.24) is 9.88 Å². The van der Waals surface area contributed by atoms with Crippen molar-refractivity contribution in [2.45, 2.75) is 30.1 Å². The summed E-state index contributed by atoms with van der Waals surface area (Å²) in [4.78, 5) is 17.7. The molecule has 1 aliphatic rings. The van der Waals surface area contributed by atoms with Gasteiger partial charge in [0.1, 0.15) is 6.10 Å². The van der Waals surface area contributed by atoms with Crippen molar-refractivity contribution in [3.8, 4) is 5.88 Å². The van der Waals surface area contributed by atoms with Gasteiger partial charge in [-0.3, -0.25) is 4.79 Å². The zero-order valence-electron chi connectivity index (χ0n) is 14.5. The summed E-state index contributed by atoms with van der Waals surface area (Å²) in [5, 5.41) is 0. The zero-order chi connectivity index (χ0) is 19.6. The van der Waals surface area contributed by atoms with E-state index in [4.69, 9.17) is 4.74 Å². The molecule has 1 aliphatic heterocycles. The number of sulfone groups is 1. The average Bonchev–Trinajstić information content (AvgIpc) is 3.09. The predicted octanol–water partition coefficient (Wildman–Crippen LogP) is 2.68. The summed E-state index contributed by atoms with van der Waals surface area (Å²) >= 11 is 0. The van der Waals surface area contributed by atoms with Crippen LogP contribution in [0.5, 0.6) is 5.88 Å². The minimum absolute atomic E-state index is 0.220. The van der Waals surface area contributed by atoms with Crippen molar-refractivity contribution in [2.24, 2.45) is 0 Å². The first-order valence-electron chi connectivity index (χ1n) is 8.29. The first kappa shape index (κ1) is 19.2. The average molecular weight is 396 g/mol. The lowest BCUT2D eigenvalue weighted by molar-refractivity contribution is 0.0767. The lowest BCUT2D eigenvalue weighted by Gasteiger charge is -2.18. The second-order valence-electron chi connectivity index (χ2n) is 6.20. The number of rotatable bonds is 5. The number of hydrogen-bond acceptors (Lipinski definition) is 5. The normalized spacial score (nSPS) is 17.3. The molecule has 0 saturated carbocycles. The van der Waals surface area contributed by atoms with Gasteiger partial charge in [0.25, 0.3) is 5.91 Å². The molecule has 3 rings (SSSR count). The molecule has 0 aliphatic carbocycles. The molecule has 27 heavy (non-hydrogen) atoms. The Morgan fingerprint density at radius 3 is 2.67 bits per heavy atom. The smallest absolute Gasteiger partial charge is 0.341 e. The van der Waals surface area contributed by atoms with Gasteiger partial charge in [-0.2, -0.15) is 8.78 Å². The number of carbonyl (C=O) groups is 1. The molecule has 0 radical (unpaired) electrons. The van der Waals surface area contributed by atoms with E-state index in [1.165, 1.54) is 23.1 Å². The molecule has 1 aromatic carbocycles. The van der Waals surface area contributed by atoms with Crippen LogP contribution in [0.1, 0.15) is 22.5 Å². The number of nitrogens with zero attached hydrogens (tertiary/aromatic N) is 2.